The van der Waals surface area contributed by atoms with Gasteiger partial charge in [0.25, 0.3) is 0 Å². The van der Waals surface area contributed by atoms with E-state index in [2.05, 4.69) is 24.9 Å². The van der Waals surface area contributed by atoms with E-state index < -0.39 is 0 Å². The summed E-state index contributed by atoms with van der Waals surface area (Å²) in [5, 5.41) is 0. The number of nitrogens with two attached hydrogens (primary N) is 1. The van der Waals surface area contributed by atoms with Crippen LogP contribution in [0.15, 0.2) is 18.3 Å². The zero-order chi connectivity index (χ0) is 9.14. The molecule has 0 fully saturated rings. The molecule has 1 aromatic heterocycles. The Kier molecular flexibility index (Phi) is 2.82. The van der Waals surface area contributed by atoms with E-state index in [1.807, 2.05) is 13.0 Å². The summed E-state index contributed by atoms with van der Waals surface area (Å²) in [7, 11) is 0. The highest BCUT2D eigenvalue weighted by Gasteiger charge is 2.09. The Morgan fingerprint density at radius 2 is 2.00 bits per heavy atom. The van der Waals surface area contributed by atoms with Crippen LogP contribution in [0.5, 0.6) is 0 Å². The topological polar surface area (TPSA) is 38.9 Å². The summed E-state index contributed by atoms with van der Waals surface area (Å²) in [5.74, 6) is 0.500. The normalized spacial score (nSPS) is 13.4. The van der Waals surface area contributed by atoms with Gasteiger partial charge in [-0.25, -0.2) is 0 Å². The predicted molar refractivity (Wildman–Crippen MR) is 50.9 cm³/mol. The Morgan fingerprint density at radius 3 is 2.42 bits per heavy atom. The van der Waals surface area contributed by atoms with E-state index in [9.17, 15) is 0 Å². The van der Waals surface area contributed by atoms with Crippen LogP contribution >= 0.6 is 0 Å². The second-order valence-electron chi connectivity index (χ2n) is 3.42. The van der Waals surface area contributed by atoms with E-state index in [0.29, 0.717) is 5.92 Å². The largest absolute Gasteiger partial charge is 0.323 e. The van der Waals surface area contributed by atoms with Crippen LogP contribution in [0.1, 0.15) is 44.0 Å². The van der Waals surface area contributed by atoms with Crippen molar-refractivity contribution in [1.29, 1.82) is 0 Å². The number of hydrogen-bond acceptors (Lipinski definition) is 2. The van der Waals surface area contributed by atoms with Gasteiger partial charge in [-0.3, -0.25) is 4.98 Å². The fourth-order valence-electron chi connectivity index (χ4n) is 1.30. The molecule has 66 valence electrons. The van der Waals surface area contributed by atoms with E-state index in [-0.39, 0.29) is 6.04 Å². The number of nitrogens with zero attached hydrogens (tertiary/aromatic N) is 1. The zero-order valence-corrected chi connectivity index (χ0v) is 7.91. The maximum atomic E-state index is 5.79. The second kappa shape index (κ2) is 3.68. The SMILES string of the molecule is CC(C)c1cccnc1C(C)N. The van der Waals surface area contributed by atoms with Gasteiger partial charge in [0.2, 0.25) is 0 Å². The molecule has 0 bridgehead atoms. The fraction of sp³-hybridized carbons (Fsp3) is 0.500. The third-order valence-electron chi connectivity index (χ3n) is 1.92. The van der Waals surface area contributed by atoms with Crippen molar-refractivity contribution in [2.75, 3.05) is 0 Å². The van der Waals surface area contributed by atoms with Gasteiger partial charge in [0.05, 0.1) is 5.69 Å². The summed E-state index contributed by atoms with van der Waals surface area (Å²) in [5.41, 5.74) is 8.07. The molecule has 1 rings (SSSR count). The Morgan fingerprint density at radius 1 is 1.33 bits per heavy atom. The second-order valence-corrected chi connectivity index (χ2v) is 3.42. The maximum Gasteiger partial charge on any atom is 0.0602 e. The Hall–Kier alpha value is -0.890. The Balaban J connectivity index is 3.09. The summed E-state index contributed by atoms with van der Waals surface area (Å²) in [4.78, 5) is 4.27. The first-order valence-electron chi connectivity index (χ1n) is 4.33. The van der Waals surface area contributed by atoms with E-state index in [1.54, 1.807) is 6.20 Å². The molecule has 0 saturated carbocycles. The molecule has 1 unspecified atom stereocenters. The highest BCUT2D eigenvalue weighted by atomic mass is 14.8. The molecule has 12 heavy (non-hydrogen) atoms. The lowest BCUT2D eigenvalue weighted by molar-refractivity contribution is 0.732. The molecule has 1 atom stereocenters. The first kappa shape index (κ1) is 9.20. The lowest BCUT2D eigenvalue weighted by Crippen LogP contribution is -2.11. The van der Waals surface area contributed by atoms with Gasteiger partial charge >= 0.3 is 0 Å². The summed E-state index contributed by atoms with van der Waals surface area (Å²) in [6.45, 7) is 6.28. The standard InChI is InChI=1S/C10H16N2/c1-7(2)9-5-4-6-12-10(9)8(3)11/h4-8H,11H2,1-3H3. The van der Waals surface area contributed by atoms with Crippen molar-refractivity contribution in [3.8, 4) is 0 Å². The minimum absolute atomic E-state index is 0.0311. The van der Waals surface area contributed by atoms with Crippen LogP contribution in [0, 0.1) is 0 Å². The Labute approximate surface area is 73.8 Å². The van der Waals surface area contributed by atoms with Crippen molar-refractivity contribution >= 4 is 0 Å². The van der Waals surface area contributed by atoms with Crippen molar-refractivity contribution in [1.82, 2.24) is 4.98 Å². The minimum atomic E-state index is 0.0311. The average molecular weight is 164 g/mol. The number of hydrogen-bond donors (Lipinski definition) is 1. The summed E-state index contributed by atoms with van der Waals surface area (Å²) < 4.78 is 0. The van der Waals surface area contributed by atoms with Crippen molar-refractivity contribution in [2.45, 2.75) is 32.7 Å². The quantitative estimate of drug-likeness (QED) is 0.728. The molecule has 2 nitrogen and oxygen atoms in total. The van der Waals surface area contributed by atoms with Crippen molar-refractivity contribution in [3.05, 3.63) is 29.6 Å². The van der Waals surface area contributed by atoms with Crippen LogP contribution in [0.25, 0.3) is 0 Å². The van der Waals surface area contributed by atoms with Crippen LogP contribution in [-0.4, -0.2) is 4.98 Å². The first-order chi connectivity index (χ1) is 5.63. The first-order valence-corrected chi connectivity index (χ1v) is 4.33. The van der Waals surface area contributed by atoms with Crippen LogP contribution < -0.4 is 5.73 Å². The molecular formula is C10H16N2. The summed E-state index contributed by atoms with van der Waals surface area (Å²) in [6.07, 6.45) is 1.80. The smallest absolute Gasteiger partial charge is 0.0602 e. The monoisotopic (exact) mass is 164 g/mol. The van der Waals surface area contributed by atoms with Gasteiger partial charge in [-0.1, -0.05) is 19.9 Å². The fourth-order valence-corrected chi connectivity index (χ4v) is 1.30. The molecule has 0 radical (unpaired) electrons. The van der Waals surface area contributed by atoms with E-state index in [0.717, 1.165) is 5.69 Å². The van der Waals surface area contributed by atoms with Gasteiger partial charge in [0, 0.05) is 12.2 Å². The van der Waals surface area contributed by atoms with E-state index >= 15 is 0 Å². The molecule has 2 N–H and O–H groups in total. The Bertz CT molecular complexity index is 227. The van der Waals surface area contributed by atoms with Gasteiger partial charge in [0.15, 0.2) is 0 Å². The highest BCUT2D eigenvalue weighted by Crippen LogP contribution is 2.20. The summed E-state index contributed by atoms with van der Waals surface area (Å²) in [6, 6.07) is 4.08. The molecular weight excluding hydrogens is 148 g/mol. The van der Waals surface area contributed by atoms with Crippen LogP contribution in [0.2, 0.25) is 0 Å². The van der Waals surface area contributed by atoms with Crippen LogP contribution in [0.3, 0.4) is 0 Å². The van der Waals surface area contributed by atoms with Crippen LogP contribution in [0.4, 0.5) is 0 Å². The van der Waals surface area contributed by atoms with Crippen molar-refractivity contribution < 1.29 is 0 Å². The molecule has 0 amide bonds. The molecule has 0 spiro atoms. The third-order valence-corrected chi connectivity index (χ3v) is 1.92. The van der Waals surface area contributed by atoms with E-state index in [4.69, 9.17) is 5.73 Å². The highest BCUT2D eigenvalue weighted by molar-refractivity contribution is 5.25. The molecule has 0 aromatic carbocycles. The lowest BCUT2D eigenvalue weighted by atomic mass is 9.99. The van der Waals surface area contributed by atoms with Gasteiger partial charge in [-0.2, -0.15) is 0 Å². The molecule has 0 aliphatic carbocycles. The summed E-state index contributed by atoms with van der Waals surface area (Å²) >= 11 is 0. The van der Waals surface area contributed by atoms with Gasteiger partial charge in [-0.15, -0.1) is 0 Å². The lowest BCUT2D eigenvalue weighted by Gasteiger charge is -2.13. The molecule has 1 heterocycles. The molecule has 0 aliphatic rings. The molecule has 2 heteroatoms. The molecule has 1 aromatic rings. The predicted octanol–water partition coefficient (Wildman–Crippen LogP) is 2.22. The zero-order valence-electron chi connectivity index (χ0n) is 7.91. The number of aromatic nitrogens is 1. The average Bonchev–Trinajstić information content (AvgIpc) is 2.04. The van der Waals surface area contributed by atoms with Crippen LogP contribution in [-0.2, 0) is 0 Å². The van der Waals surface area contributed by atoms with Crippen molar-refractivity contribution in [3.63, 3.8) is 0 Å². The third kappa shape index (κ3) is 1.83. The maximum absolute atomic E-state index is 5.79. The molecule has 0 saturated heterocycles. The number of rotatable bonds is 2. The van der Waals surface area contributed by atoms with Crippen molar-refractivity contribution in [2.24, 2.45) is 5.73 Å². The van der Waals surface area contributed by atoms with Gasteiger partial charge in [-0.05, 0) is 24.5 Å². The van der Waals surface area contributed by atoms with Gasteiger partial charge in [0.1, 0.15) is 0 Å². The van der Waals surface area contributed by atoms with Gasteiger partial charge < -0.3 is 5.73 Å². The minimum Gasteiger partial charge on any atom is -0.323 e. The van der Waals surface area contributed by atoms with E-state index in [1.165, 1.54) is 5.56 Å². The number of pyridine rings is 1. The molecule has 0 aliphatic heterocycles.